The van der Waals surface area contributed by atoms with Gasteiger partial charge in [-0.2, -0.15) is 18.3 Å². The van der Waals surface area contributed by atoms with Crippen LogP contribution >= 0.6 is 0 Å². The van der Waals surface area contributed by atoms with Gasteiger partial charge in [0.1, 0.15) is 5.82 Å². The lowest BCUT2D eigenvalue weighted by molar-refractivity contribution is -0.143. The third-order valence-corrected chi connectivity index (χ3v) is 4.30. The zero-order valence-electron chi connectivity index (χ0n) is 16.9. The predicted molar refractivity (Wildman–Crippen MR) is 103 cm³/mol. The van der Waals surface area contributed by atoms with Gasteiger partial charge in [-0.15, -0.1) is 0 Å². The number of halogens is 3. The van der Waals surface area contributed by atoms with Gasteiger partial charge in [-0.05, 0) is 18.6 Å². The Morgan fingerprint density at radius 1 is 1.18 bits per heavy atom. The van der Waals surface area contributed by atoms with Crippen LogP contribution in [0.15, 0.2) is 30.3 Å². The lowest BCUT2D eigenvalue weighted by Crippen LogP contribution is -2.35. The molecule has 0 fully saturated rings. The second kappa shape index (κ2) is 8.67. The largest absolute Gasteiger partial charge is 0.435 e. The Morgan fingerprint density at radius 3 is 2.25 bits per heavy atom. The molecule has 0 N–H and O–H groups in total. The average molecular weight is 396 g/mol. The molecule has 0 bridgehead atoms. The number of hydrogen-bond donors (Lipinski definition) is 0. The molecule has 28 heavy (non-hydrogen) atoms. The molecule has 0 aliphatic carbocycles. The number of alkyl halides is 3. The third kappa shape index (κ3) is 4.66. The molecule has 1 aromatic heterocycles. The average Bonchev–Trinajstić information content (AvgIpc) is 3.01. The number of rotatable bonds is 7. The van der Waals surface area contributed by atoms with E-state index in [1.165, 1.54) is 9.58 Å². The molecule has 1 heterocycles. The van der Waals surface area contributed by atoms with Crippen molar-refractivity contribution in [2.75, 3.05) is 25.5 Å². The number of nitrogens with zero attached hydrogens (tertiary/aromatic N) is 4. The van der Waals surface area contributed by atoms with Crippen molar-refractivity contribution in [3.63, 3.8) is 0 Å². The molecule has 0 saturated heterocycles. The SMILES string of the molecule is CCCN(Cc1c(C(F)(F)F)nn(-c2ccccc2)c1N(C)C)C(=O)C(C)C. The molecule has 0 radical (unpaired) electrons. The van der Waals surface area contributed by atoms with Gasteiger partial charge in [0.15, 0.2) is 5.69 Å². The fourth-order valence-electron chi connectivity index (χ4n) is 3.12. The molecule has 0 aliphatic rings. The van der Waals surface area contributed by atoms with Gasteiger partial charge in [-0.25, -0.2) is 4.68 Å². The van der Waals surface area contributed by atoms with E-state index in [1.807, 2.05) is 6.92 Å². The van der Waals surface area contributed by atoms with Gasteiger partial charge < -0.3 is 9.80 Å². The number of benzene rings is 1. The van der Waals surface area contributed by atoms with Crippen LogP contribution in [0, 0.1) is 5.92 Å². The summed E-state index contributed by atoms with van der Waals surface area (Å²) < 4.78 is 42.8. The highest BCUT2D eigenvalue weighted by atomic mass is 19.4. The highest BCUT2D eigenvalue weighted by Crippen LogP contribution is 2.37. The lowest BCUT2D eigenvalue weighted by Gasteiger charge is -2.26. The van der Waals surface area contributed by atoms with Crippen molar-refractivity contribution in [2.24, 2.45) is 5.92 Å². The van der Waals surface area contributed by atoms with Gasteiger partial charge in [0, 0.05) is 32.1 Å². The standard InChI is InChI=1S/C20H27F3N4O/c1-6-12-26(19(28)14(2)3)13-16-17(20(21,22)23)24-27(18(16)25(4)5)15-10-8-7-9-11-15/h7-11,14H,6,12-13H2,1-5H3. The highest BCUT2D eigenvalue weighted by molar-refractivity contribution is 5.78. The normalized spacial score (nSPS) is 11.8. The minimum absolute atomic E-state index is 0.00352. The van der Waals surface area contributed by atoms with Crippen molar-refractivity contribution < 1.29 is 18.0 Å². The number of carbonyl (C=O) groups is 1. The van der Waals surface area contributed by atoms with E-state index in [9.17, 15) is 18.0 Å². The van der Waals surface area contributed by atoms with E-state index in [0.29, 0.717) is 24.5 Å². The quantitative estimate of drug-likeness (QED) is 0.699. The molecule has 1 amide bonds. The van der Waals surface area contributed by atoms with Crippen LogP contribution in [0.1, 0.15) is 38.4 Å². The molecule has 0 aliphatic heterocycles. The maximum atomic E-state index is 13.8. The Hall–Kier alpha value is -2.51. The molecule has 2 rings (SSSR count). The first-order valence-corrected chi connectivity index (χ1v) is 9.28. The molecule has 2 aromatic rings. The molecule has 0 spiro atoms. The van der Waals surface area contributed by atoms with Crippen LogP contribution in [0.2, 0.25) is 0 Å². The predicted octanol–water partition coefficient (Wildman–Crippen LogP) is 4.35. The maximum absolute atomic E-state index is 13.8. The van der Waals surface area contributed by atoms with Crippen molar-refractivity contribution >= 4 is 11.7 Å². The first-order chi connectivity index (χ1) is 13.1. The molecule has 5 nitrogen and oxygen atoms in total. The summed E-state index contributed by atoms with van der Waals surface area (Å²) in [6.07, 6.45) is -3.97. The second-order valence-electron chi connectivity index (χ2n) is 7.20. The number of para-hydroxylation sites is 1. The zero-order valence-corrected chi connectivity index (χ0v) is 16.9. The molecular weight excluding hydrogens is 369 g/mol. The zero-order chi connectivity index (χ0) is 21.1. The molecule has 154 valence electrons. The summed E-state index contributed by atoms with van der Waals surface area (Å²) in [5.74, 6) is -0.156. The van der Waals surface area contributed by atoms with Gasteiger partial charge in [0.2, 0.25) is 5.91 Å². The van der Waals surface area contributed by atoms with Crippen LogP contribution in [-0.2, 0) is 17.5 Å². The number of anilines is 1. The van der Waals surface area contributed by atoms with Crippen LogP contribution < -0.4 is 4.90 Å². The van der Waals surface area contributed by atoms with E-state index >= 15 is 0 Å². The van der Waals surface area contributed by atoms with Gasteiger partial charge in [0.05, 0.1) is 12.2 Å². The molecule has 8 heteroatoms. The van der Waals surface area contributed by atoms with Crippen molar-refractivity contribution in [1.82, 2.24) is 14.7 Å². The number of carbonyl (C=O) groups excluding carboxylic acids is 1. The topological polar surface area (TPSA) is 41.4 Å². The summed E-state index contributed by atoms with van der Waals surface area (Å²) in [6, 6.07) is 8.68. The number of aromatic nitrogens is 2. The lowest BCUT2D eigenvalue weighted by atomic mass is 10.1. The summed E-state index contributed by atoms with van der Waals surface area (Å²) in [5, 5.41) is 3.90. The number of amides is 1. The minimum Gasteiger partial charge on any atom is -0.362 e. The molecule has 0 atom stereocenters. The minimum atomic E-state index is -4.63. The fraction of sp³-hybridized carbons (Fsp3) is 0.500. The van der Waals surface area contributed by atoms with Crippen molar-refractivity contribution in [3.8, 4) is 5.69 Å². The van der Waals surface area contributed by atoms with E-state index in [-0.39, 0.29) is 23.9 Å². The Balaban J connectivity index is 2.66. The van der Waals surface area contributed by atoms with E-state index < -0.39 is 11.9 Å². The molecule has 0 unspecified atom stereocenters. The Kier molecular flexibility index (Phi) is 6.74. The smallest absolute Gasteiger partial charge is 0.362 e. The fourth-order valence-corrected chi connectivity index (χ4v) is 3.12. The Labute approximate surface area is 163 Å². The van der Waals surface area contributed by atoms with E-state index in [2.05, 4.69) is 5.10 Å². The van der Waals surface area contributed by atoms with Gasteiger partial charge in [-0.1, -0.05) is 39.0 Å². The summed E-state index contributed by atoms with van der Waals surface area (Å²) in [7, 11) is 3.35. The summed E-state index contributed by atoms with van der Waals surface area (Å²) in [6.45, 7) is 5.63. The highest BCUT2D eigenvalue weighted by Gasteiger charge is 2.40. The van der Waals surface area contributed by atoms with E-state index in [0.717, 1.165) is 0 Å². The third-order valence-electron chi connectivity index (χ3n) is 4.30. The van der Waals surface area contributed by atoms with Crippen LogP contribution in [0.3, 0.4) is 0 Å². The summed E-state index contributed by atoms with van der Waals surface area (Å²) in [5.41, 5.74) is -0.429. The Morgan fingerprint density at radius 2 is 1.79 bits per heavy atom. The first kappa shape index (κ1) is 21.8. The maximum Gasteiger partial charge on any atom is 0.435 e. The molecule has 0 saturated carbocycles. The van der Waals surface area contributed by atoms with Crippen molar-refractivity contribution in [3.05, 3.63) is 41.6 Å². The second-order valence-corrected chi connectivity index (χ2v) is 7.20. The van der Waals surface area contributed by atoms with Crippen LogP contribution in [0.4, 0.5) is 19.0 Å². The summed E-state index contributed by atoms with van der Waals surface area (Å²) >= 11 is 0. The monoisotopic (exact) mass is 396 g/mol. The van der Waals surface area contributed by atoms with Gasteiger partial charge in [0.25, 0.3) is 0 Å². The van der Waals surface area contributed by atoms with Crippen LogP contribution in [0.25, 0.3) is 5.69 Å². The Bertz CT molecular complexity index is 798. The van der Waals surface area contributed by atoms with Gasteiger partial charge in [-0.3, -0.25) is 4.79 Å². The first-order valence-electron chi connectivity index (χ1n) is 9.28. The molecule has 1 aromatic carbocycles. The molecular formula is C20H27F3N4O. The van der Waals surface area contributed by atoms with Crippen molar-refractivity contribution in [1.29, 1.82) is 0 Å². The number of hydrogen-bond acceptors (Lipinski definition) is 3. The van der Waals surface area contributed by atoms with Gasteiger partial charge >= 0.3 is 6.18 Å². The van der Waals surface area contributed by atoms with E-state index in [4.69, 9.17) is 0 Å². The summed E-state index contributed by atoms with van der Waals surface area (Å²) in [4.78, 5) is 15.7. The van der Waals surface area contributed by atoms with Crippen LogP contribution in [-0.4, -0.2) is 41.2 Å². The van der Waals surface area contributed by atoms with Crippen molar-refractivity contribution in [2.45, 2.75) is 39.9 Å². The van der Waals surface area contributed by atoms with E-state index in [1.54, 1.807) is 63.2 Å². The van der Waals surface area contributed by atoms with Crippen LogP contribution in [0.5, 0.6) is 0 Å².